The summed E-state index contributed by atoms with van der Waals surface area (Å²) >= 11 is 17.6. The second-order valence-electron chi connectivity index (χ2n) is 3.19. The molecule has 1 aromatic rings. The lowest BCUT2D eigenvalue weighted by Gasteiger charge is -2.02. The lowest BCUT2D eigenvalue weighted by molar-refractivity contribution is -0.115. The van der Waals surface area contributed by atoms with Gasteiger partial charge in [0, 0.05) is 0 Å². The normalized spacial score (nSPS) is 17.6. The van der Waals surface area contributed by atoms with Crippen LogP contribution in [0.3, 0.4) is 0 Å². The summed E-state index contributed by atoms with van der Waals surface area (Å²) in [5.74, 6) is -0.421. The Labute approximate surface area is 117 Å². The first-order valence-electron chi connectivity index (χ1n) is 4.40. The van der Waals surface area contributed by atoms with Gasteiger partial charge >= 0.3 is 0 Å². The summed E-state index contributed by atoms with van der Waals surface area (Å²) in [6.07, 6.45) is 1.61. The minimum absolute atomic E-state index is 0.135. The second-order valence-corrected chi connectivity index (χ2v) is 5.72. The molecular weight excluding hydrogens is 301 g/mol. The molecule has 1 aliphatic heterocycles. The van der Waals surface area contributed by atoms with E-state index in [4.69, 9.17) is 35.4 Å². The molecule has 1 amide bonds. The molecule has 0 bridgehead atoms. The Hall–Kier alpha value is -0.750. The van der Waals surface area contributed by atoms with Gasteiger partial charge in [0.05, 0.1) is 15.0 Å². The number of rotatable bonds is 1. The number of benzene rings is 1. The topological polar surface area (TPSA) is 49.3 Å². The zero-order valence-electron chi connectivity index (χ0n) is 8.16. The maximum atomic E-state index is 11.4. The van der Waals surface area contributed by atoms with Gasteiger partial charge in [-0.15, -0.1) is 0 Å². The highest BCUT2D eigenvalue weighted by Gasteiger charge is 2.22. The quantitative estimate of drug-likeness (QED) is 0.618. The van der Waals surface area contributed by atoms with Crippen LogP contribution in [0.15, 0.2) is 17.0 Å². The number of hydrogen-bond acceptors (Lipinski definition) is 4. The van der Waals surface area contributed by atoms with Crippen molar-refractivity contribution in [1.29, 1.82) is 0 Å². The van der Waals surface area contributed by atoms with Crippen molar-refractivity contribution in [2.24, 2.45) is 0 Å². The summed E-state index contributed by atoms with van der Waals surface area (Å²) in [7, 11) is 0. The Bertz CT molecular complexity index is 534. The minimum atomic E-state index is -0.250. The fraction of sp³-hybridized carbons (Fsp3) is 0. The van der Waals surface area contributed by atoms with Gasteiger partial charge in [-0.1, -0.05) is 47.2 Å². The number of aromatic hydroxyl groups is 1. The number of phenolic OH excluding ortho intramolecular Hbond substituents is 1. The maximum Gasteiger partial charge on any atom is 0.263 e. The van der Waals surface area contributed by atoms with Crippen LogP contribution in [0.4, 0.5) is 0 Å². The van der Waals surface area contributed by atoms with Crippen LogP contribution in [-0.2, 0) is 4.79 Å². The Kier molecular flexibility index (Phi) is 3.63. The molecular formula is C10H5Cl2NO2S2. The average molecular weight is 306 g/mol. The maximum absolute atomic E-state index is 11.4. The highest BCUT2D eigenvalue weighted by atomic mass is 35.5. The van der Waals surface area contributed by atoms with Crippen LogP contribution in [0, 0.1) is 0 Å². The number of thioether (sulfide) groups is 1. The molecule has 0 radical (unpaired) electrons. The zero-order valence-corrected chi connectivity index (χ0v) is 11.3. The van der Waals surface area contributed by atoms with Crippen LogP contribution in [-0.4, -0.2) is 15.3 Å². The van der Waals surface area contributed by atoms with Gasteiger partial charge in [-0.3, -0.25) is 4.79 Å². The van der Waals surface area contributed by atoms with Crippen LogP contribution < -0.4 is 5.32 Å². The summed E-state index contributed by atoms with van der Waals surface area (Å²) in [5, 5.41) is 12.2. The van der Waals surface area contributed by atoms with E-state index >= 15 is 0 Å². The van der Waals surface area contributed by atoms with Crippen molar-refractivity contribution < 1.29 is 9.90 Å². The van der Waals surface area contributed by atoms with Crippen molar-refractivity contribution in [1.82, 2.24) is 5.32 Å². The summed E-state index contributed by atoms with van der Waals surface area (Å²) in [6, 6.07) is 3.04. The van der Waals surface area contributed by atoms with Gasteiger partial charge in [0.15, 0.2) is 5.75 Å². The highest BCUT2D eigenvalue weighted by molar-refractivity contribution is 8.26. The van der Waals surface area contributed by atoms with Crippen molar-refractivity contribution in [3.63, 3.8) is 0 Å². The van der Waals surface area contributed by atoms with Crippen molar-refractivity contribution in [2.45, 2.75) is 0 Å². The first-order chi connectivity index (χ1) is 7.97. The van der Waals surface area contributed by atoms with Crippen LogP contribution in [0.25, 0.3) is 6.08 Å². The Morgan fingerprint density at radius 3 is 2.41 bits per heavy atom. The van der Waals surface area contributed by atoms with E-state index in [1.807, 2.05) is 0 Å². The molecule has 2 N–H and O–H groups in total. The van der Waals surface area contributed by atoms with Gasteiger partial charge in [0.1, 0.15) is 4.32 Å². The fourth-order valence-corrected chi connectivity index (χ4v) is 2.79. The van der Waals surface area contributed by atoms with Crippen molar-refractivity contribution >= 4 is 63.5 Å². The number of phenols is 1. The molecule has 1 fully saturated rings. The molecule has 0 aliphatic carbocycles. The van der Waals surface area contributed by atoms with E-state index in [1.165, 1.54) is 23.9 Å². The number of carbonyl (C=O) groups excluding carboxylic acids is 1. The number of amides is 1. The zero-order chi connectivity index (χ0) is 12.6. The number of thiocarbonyl (C=S) groups is 1. The lowest BCUT2D eigenvalue weighted by Crippen LogP contribution is -2.17. The molecule has 1 aliphatic rings. The monoisotopic (exact) mass is 305 g/mol. The Morgan fingerprint density at radius 2 is 1.94 bits per heavy atom. The smallest absolute Gasteiger partial charge is 0.263 e. The van der Waals surface area contributed by atoms with E-state index in [9.17, 15) is 9.90 Å². The van der Waals surface area contributed by atoms with Gasteiger partial charge in [-0.05, 0) is 23.8 Å². The number of nitrogens with one attached hydrogen (secondary N) is 1. The van der Waals surface area contributed by atoms with Gasteiger partial charge < -0.3 is 10.4 Å². The predicted molar refractivity (Wildman–Crippen MR) is 74.4 cm³/mol. The SMILES string of the molecule is O=C1NC(=S)S/C1=C\c1cc(Cl)c(O)c(Cl)c1. The van der Waals surface area contributed by atoms with E-state index in [1.54, 1.807) is 6.08 Å². The van der Waals surface area contributed by atoms with Crippen LogP contribution in [0.5, 0.6) is 5.75 Å². The molecule has 1 saturated heterocycles. The second kappa shape index (κ2) is 4.86. The molecule has 2 rings (SSSR count). The predicted octanol–water partition coefficient (Wildman–Crippen LogP) is 3.19. The molecule has 1 heterocycles. The van der Waals surface area contributed by atoms with Gasteiger partial charge in [0.2, 0.25) is 0 Å². The molecule has 0 spiro atoms. The van der Waals surface area contributed by atoms with Crippen LogP contribution in [0.2, 0.25) is 10.0 Å². The molecule has 0 aromatic heterocycles. The highest BCUT2D eigenvalue weighted by Crippen LogP contribution is 2.34. The van der Waals surface area contributed by atoms with E-state index in [2.05, 4.69) is 5.32 Å². The van der Waals surface area contributed by atoms with Crippen LogP contribution >= 0.6 is 47.2 Å². The molecule has 17 heavy (non-hydrogen) atoms. The number of hydrogen-bond donors (Lipinski definition) is 2. The summed E-state index contributed by atoms with van der Waals surface area (Å²) < 4.78 is 0.414. The van der Waals surface area contributed by atoms with E-state index in [-0.39, 0.29) is 21.7 Å². The van der Waals surface area contributed by atoms with Gasteiger partial charge in [-0.25, -0.2) is 0 Å². The largest absolute Gasteiger partial charge is 0.505 e. The molecule has 0 unspecified atom stereocenters. The van der Waals surface area contributed by atoms with Gasteiger partial charge in [0.25, 0.3) is 5.91 Å². The molecule has 0 saturated carbocycles. The standard InChI is InChI=1S/C10H5Cl2NO2S2/c11-5-1-4(2-6(12)8(5)14)3-7-9(15)13-10(16)17-7/h1-3,14H,(H,13,15,16)/b7-3-. The number of carbonyl (C=O) groups is 1. The first kappa shape index (κ1) is 12.7. The summed E-state index contributed by atoms with van der Waals surface area (Å²) in [4.78, 5) is 11.9. The third kappa shape index (κ3) is 2.74. The Morgan fingerprint density at radius 1 is 1.35 bits per heavy atom. The van der Waals surface area contributed by atoms with Crippen LogP contribution in [0.1, 0.15) is 5.56 Å². The molecule has 7 heteroatoms. The molecule has 88 valence electrons. The molecule has 0 atom stereocenters. The average Bonchev–Trinajstić information content (AvgIpc) is 2.54. The third-order valence-electron chi connectivity index (χ3n) is 1.98. The first-order valence-corrected chi connectivity index (χ1v) is 6.38. The molecule has 3 nitrogen and oxygen atoms in total. The fourth-order valence-electron chi connectivity index (χ4n) is 1.24. The van der Waals surface area contributed by atoms with E-state index in [0.29, 0.717) is 14.8 Å². The van der Waals surface area contributed by atoms with E-state index < -0.39 is 0 Å². The lowest BCUT2D eigenvalue weighted by atomic mass is 10.2. The van der Waals surface area contributed by atoms with Crippen molar-refractivity contribution in [3.05, 3.63) is 32.6 Å². The van der Waals surface area contributed by atoms with Crippen molar-refractivity contribution in [3.8, 4) is 5.75 Å². The third-order valence-corrected chi connectivity index (χ3v) is 3.72. The summed E-state index contributed by atoms with van der Waals surface area (Å²) in [5.41, 5.74) is 0.625. The molecule has 1 aromatic carbocycles. The van der Waals surface area contributed by atoms with Gasteiger partial charge in [-0.2, -0.15) is 0 Å². The number of halogens is 2. The minimum Gasteiger partial charge on any atom is -0.505 e. The van der Waals surface area contributed by atoms with E-state index in [0.717, 1.165) is 0 Å². The summed E-state index contributed by atoms with van der Waals surface area (Å²) in [6.45, 7) is 0. The van der Waals surface area contributed by atoms with Crippen molar-refractivity contribution in [2.75, 3.05) is 0 Å². The Balaban J connectivity index is 2.40.